The first-order valence-electron chi connectivity index (χ1n) is 6.96. The Morgan fingerprint density at radius 3 is 2.70 bits per heavy atom. The van der Waals surface area contributed by atoms with E-state index in [1.54, 1.807) is 6.20 Å². The van der Waals surface area contributed by atoms with Gasteiger partial charge in [0.15, 0.2) is 0 Å². The van der Waals surface area contributed by atoms with E-state index in [0.717, 1.165) is 31.6 Å². The molecule has 1 aliphatic heterocycles. The van der Waals surface area contributed by atoms with E-state index in [0.29, 0.717) is 5.56 Å². The van der Waals surface area contributed by atoms with Gasteiger partial charge < -0.3 is 10.6 Å². The third-order valence-electron chi connectivity index (χ3n) is 3.52. The Balaban J connectivity index is 0.00000200. The zero-order valence-electron chi connectivity index (χ0n) is 12.7. The lowest BCUT2D eigenvalue weighted by molar-refractivity contribution is 0.0930. The van der Waals surface area contributed by atoms with E-state index >= 15 is 0 Å². The van der Waals surface area contributed by atoms with Crippen molar-refractivity contribution in [2.24, 2.45) is 0 Å². The highest BCUT2D eigenvalue weighted by Crippen LogP contribution is 2.18. The van der Waals surface area contributed by atoms with Crippen LogP contribution in [0.3, 0.4) is 0 Å². The van der Waals surface area contributed by atoms with Gasteiger partial charge in [-0.25, -0.2) is 0 Å². The van der Waals surface area contributed by atoms with Crippen molar-refractivity contribution in [1.82, 2.24) is 20.4 Å². The number of carbonyl (C=O) groups excluding carboxylic acids is 1. The molecule has 1 atom stereocenters. The van der Waals surface area contributed by atoms with Crippen LogP contribution in [0.5, 0.6) is 0 Å². The van der Waals surface area contributed by atoms with Gasteiger partial charge in [0.25, 0.3) is 5.91 Å². The summed E-state index contributed by atoms with van der Waals surface area (Å²) in [4.78, 5) is 12.3. The van der Waals surface area contributed by atoms with Crippen LogP contribution in [0.2, 0.25) is 0 Å². The summed E-state index contributed by atoms with van der Waals surface area (Å²) in [6.45, 7) is 10.1. The van der Waals surface area contributed by atoms with E-state index in [9.17, 15) is 4.79 Å². The van der Waals surface area contributed by atoms with Crippen LogP contribution in [0, 0.1) is 6.92 Å². The van der Waals surface area contributed by atoms with E-state index in [1.165, 1.54) is 0 Å². The largest absolute Gasteiger partial charge is 0.348 e. The standard InChI is InChI=1S/C14H24N4O.ClH/c1-10-12(9-16-18(10)14(2,3)4)13(19)17-11-6-5-7-15-8-11;/h9,11,15H,5-8H2,1-4H3,(H,17,19);1H/t11-;/m0./s1. The minimum atomic E-state index is -0.102. The summed E-state index contributed by atoms with van der Waals surface area (Å²) in [5.41, 5.74) is 1.50. The molecule has 1 aliphatic rings. The number of hydrogen-bond acceptors (Lipinski definition) is 3. The molecule has 6 heteroatoms. The van der Waals surface area contributed by atoms with Gasteiger partial charge in [0.05, 0.1) is 17.3 Å². The molecule has 114 valence electrons. The van der Waals surface area contributed by atoms with Crippen molar-refractivity contribution >= 4 is 18.3 Å². The minimum Gasteiger partial charge on any atom is -0.348 e. The molecule has 0 unspecified atom stereocenters. The fourth-order valence-corrected chi connectivity index (χ4v) is 2.55. The van der Waals surface area contributed by atoms with Crippen LogP contribution in [0.15, 0.2) is 6.20 Å². The predicted octanol–water partition coefficient (Wildman–Crippen LogP) is 1.85. The summed E-state index contributed by atoms with van der Waals surface area (Å²) in [7, 11) is 0. The first-order chi connectivity index (χ1) is 8.89. The number of rotatable bonds is 2. The molecule has 5 nitrogen and oxygen atoms in total. The van der Waals surface area contributed by atoms with Crippen molar-refractivity contribution in [2.45, 2.75) is 52.1 Å². The molecule has 0 bridgehead atoms. The van der Waals surface area contributed by atoms with Crippen LogP contribution < -0.4 is 10.6 Å². The molecule has 0 spiro atoms. The fraction of sp³-hybridized carbons (Fsp3) is 0.714. The monoisotopic (exact) mass is 300 g/mol. The third-order valence-corrected chi connectivity index (χ3v) is 3.52. The molecule has 1 aromatic heterocycles. The van der Waals surface area contributed by atoms with Crippen LogP contribution in [0.25, 0.3) is 0 Å². The zero-order valence-corrected chi connectivity index (χ0v) is 13.5. The highest BCUT2D eigenvalue weighted by molar-refractivity contribution is 5.95. The average molecular weight is 301 g/mol. The average Bonchev–Trinajstić information content (AvgIpc) is 2.72. The van der Waals surface area contributed by atoms with Gasteiger partial charge in [-0.05, 0) is 47.1 Å². The third kappa shape index (κ3) is 3.73. The maximum atomic E-state index is 12.3. The number of halogens is 1. The van der Waals surface area contributed by atoms with E-state index in [1.807, 2.05) is 11.6 Å². The molecule has 2 heterocycles. The summed E-state index contributed by atoms with van der Waals surface area (Å²) >= 11 is 0. The van der Waals surface area contributed by atoms with Crippen molar-refractivity contribution in [3.8, 4) is 0 Å². The lowest BCUT2D eigenvalue weighted by Crippen LogP contribution is -2.45. The highest BCUT2D eigenvalue weighted by atomic mass is 35.5. The molecule has 20 heavy (non-hydrogen) atoms. The van der Waals surface area contributed by atoms with Crippen LogP contribution in [-0.2, 0) is 5.54 Å². The van der Waals surface area contributed by atoms with Gasteiger partial charge in [0, 0.05) is 18.3 Å². The first kappa shape index (κ1) is 17.0. The molecule has 2 rings (SSSR count). The molecule has 1 saturated heterocycles. The Kier molecular flexibility index (Phi) is 5.59. The van der Waals surface area contributed by atoms with Crippen LogP contribution in [0.4, 0.5) is 0 Å². The van der Waals surface area contributed by atoms with Gasteiger partial charge in [-0.2, -0.15) is 5.10 Å². The van der Waals surface area contributed by atoms with E-state index in [4.69, 9.17) is 0 Å². The summed E-state index contributed by atoms with van der Waals surface area (Å²) in [6.07, 6.45) is 3.84. The van der Waals surface area contributed by atoms with Gasteiger partial charge in [-0.1, -0.05) is 0 Å². The maximum absolute atomic E-state index is 12.3. The Hall–Kier alpha value is -1.07. The Morgan fingerprint density at radius 1 is 1.50 bits per heavy atom. The van der Waals surface area contributed by atoms with Crippen LogP contribution >= 0.6 is 12.4 Å². The smallest absolute Gasteiger partial charge is 0.255 e. The number of amides is 1. The summed E-state index contributed by atoms with van der Waals surface area (Å²) in [6, 6.07) is 0.235. The van der Waals surface area contributed by atoms with Crippen LogP contribution in [-0.4, -0.2) is 34.8 Å². The van der Waals surface area contributed by atoms with Gasteiger partial charge in [0.2, 0.25) is 0 Å². The molecule has 0 aromatic carbocycles. The SMILES string of the molecule is Cc1c(C(=O)N[C@H]2CCCNC2)cnn1C(C)(C)C.Cl. The lowest BCUT2D eigenvalue weighted by Gasteiger charge is -2.24. The number of hydrogen-bond donors (Lipinski definition) is 2. The predicted molar refractivity (Wildman–Crippen MR) is 82.6 cm³/mol. The Morgan fingerprint density at radius 2 is 2.20 bits per heavy atom. The zero-order chi connectivity index (χ0) is 14.0. The number of nitrogens with zero attached hydrogens (tertiary/aromatic N) is 2. The topological polar surface area (TPSA) is 59.0 Å². The van der Waals surface area contributed by atoms with Crippen LogP contribution in [0.1, 0.15) is 49.7 Å². The van der Waals surface area contributed by atoms with Gasteiger partial charge in [-0.15, -0.1) is 12.4 Å². The number of aromatic nitrogens is 2. The van der Waals surface area contributed by atoms with Crippen molar-refractivity contribution in [2.75, 3.05) is 13.1 Å². The van der Waals surface area contributed by atoms with Crippen molar-refractivity contribution in [3.05, 3.63) is 17.5 Å². The summed E-state index contributed by atoms with van der Waals surface area (Å²) in [5, 5.41) is 10.7. The van der Waals surface area contributed by atoms with Crippen molar-refractivity contribution in [1.29, 1.82) is 0 Å². The fourth-order valence-electron chi connectivity index (χ4n) is 2.55. The number of nitrogens with one attached hydrogen (secondary N) is 2. The first-order valence-corrected chi connectivity index (χ1v) is 6.96. The number of piperidine rings is 1. The summed E-state index contributed by atoms with van der Waals surface area (Å²) < 4.78 is 1.90. The molecule has 0 radical (unpaired) electrons. The number of carbonyl (C=O) groups is 1. The molecule has 0 aliphatic carbocycles. The lowest BCUT2D eigenvalue weighted by atomic mass is 10.1. The van der Waals surface area contributed by atoms with E-state index < -0.39 is 0 Å². The molecule has 1 aromatic rings. The second-order valence-electron chi connectivity index (χ2n) is 6.24. The maximum Gasteiger partial charge on any atom is 0.255 e. The minimum absolute atomic E-state index is 0. The Bertz CT molecular complexity index is 458. The van der Waals surface area contributed by atoms with Gasteiger partial charge in [0.1, 0.15) is 0 Å². The van der Waals surface area contributed by atoms with Crippen molar-refractivity contribution in [3.63, 3.8) is 0 Å². The summed E-state index contributed by atoms with van der Waals surface area (Å²) in [5.74, 6) is -0.0123. The molecular formula is C14H25ClN4O. The molecule has 1 amide bonds. The second kappa shape index (κ2) is 6.59. The van der Waals surface area contributed by atoms with E-state index in [2.05, 4.69) is 36.5 Å². The van der Waals surface area contributed by atoms with Gasteiger partial charge in [-0.3, -0.25) is 9.48 Å². The molecule has 0 saturated carbocycles. The Labute approximate surface area is 126 Å². The quantitative estimate of drug-likeness (QED) is 0.876. The second-order valence-corrected chi connectivity index (χ2v) is 6.24. The van der Waals surface area contributed by atoms with E-state index in [-0.39, 0.29) is 29.9 Å². The molecule has 2 N–H and O–H groups in total. The highest BCUT2D eigenvalue weighted by Gasteiger charge is 2.23. The molecule has 1 fully saturated rings. The normalized spacial score (nSPS) is 19.3. The molecular weight excluding hydrogens is 276 g/mol. The van der Waals surface area contributed by atoms with Gasteiger partial charge >= 0.3 is 0 Å². The van der Waals surface area contributed by atoms with Crippen molar-refractivity contribution < 1.29 is 4.79 Å².